The Bertz CT molecular complexity index is 2540. The summed E-state index contributed by atoms with van der Waals surface area (Å²) in [6.45, 7) is 0. The highest BCUT2D eigenvalue weighted by Gasteiger charge is 2.46. The van der Waals surface area contributed by atoms with Gasteiger partial charge in [0.25, 0.3) is 11.8 Å². The summed E-state index contributed by atoms with van der Waals surface area (Å²) in [5.41, 5.74) is 14.0. The Labute approximate surface area is 334 Å². The van der Waals surface area contributed by atoms with Gasteiger partial charge in [0.1, 0.15) is 22.7 Å². The minimum atomic E-state index is -0.0891. The van der Waals surface area contributed by atoms with Crippen LogP contribution in [-0.4, -0.2) is 22.8 Å². The largest absolute Gasteiger partial charge is 0.455 e. The molecule has 7 heteroatoms. The molecule has 3 heterocycles. The lowest BCUT2D eigenvalue weighted by atomic mass is 9.72. The molecular weight excluding hydrogens is 884 g/mol. The molecule has 0 bridgehead atoms. The van der Waals surface area contributed by atoms with E-state index in [-0.39, 0.29) is 17.9 Å². The van der Waals surface area contributed by atoms with Crippen LogP contribution in [0.15, 0.2) is 93.8 Å². The third kappa shape index (κ3) is 4.71. The van der Waals surface area contributed by atoms with Crippen LogP contribution >= 0.6 is 45.2 Å². The molecule has 0 spiro atoms. The molecule has 0 radical (unpaired) electrons. The maximum absolute atomic E-state index is 14.7. The standard InChI is InChI=1S/C46H33I2NO4/c47-41-33-20-26-16-18-29-37(31(26)22-35(33)52-43(41)24-10-4-1-5-11-24)38-30(40-39(29)45(50)49(46(40)51)28-14-8-3-9-15-28)19-17-27-21-34-36(23-32(27)38)53-44(42(34)48)25-12-6-2-7-13-25/h1-2,4-7,10-13,20-23,28H,3,8-9,14-19H2. The van der Waals surface area contributed by atoms with E-state index >= 15 is 0 Å². The van der Waals surface area contributed by atoms with Gasteiger partial charge in [-0.1, -0.05) is 79.9 Å². The number of rotatable bonds is 3. The molecule has 2 amide bonds. The van der Waals surface area contributed by atoms with Crippen molar-refractivity contribution in [3.05, 3.63) is 125 Å². The minimum absolute atomic E-state index is 0.0309. The van der Waals surface area contributed by atoms with Crippen molar-refractivity contribution in [3.63, 3.8) is 0 Å². The Morgan fingerprint density at radius 3 is 1.45 bits per heavy atom. The van der Waals surface area contributed by atoms with Crippen molar-refractivity contribution in [1.82, 2.24) is 4.90 Å². The third-order valence-electron chi connectivity index (χ3n) is 12.1. The summed E-state index contributed by atoms with van der Waals surface area (Å²) >= 11 is 4.85. The Balaban J connectivity index is 1.18. The lowest BCUT2D eigenvalue weighted by Crippen LogP contribution is -2.41. The van der Waals surface area contributed by atoms with Crippen molar-refractivity contribution in [3.8, 4) is 44.9 Å². The molecule has 53 heavy (non-hydrogen) atoms. The highest BCUT2D eigenvalue weighted by atomic mass is 127. The molecule has 5 aromatic carbocycles. The van der Waals surface area contributed by atoms with E-state index in [1.807, 2.05) is 36.4 Å². The lowest BCUT2D eigenvalue weighted by Gasteiger charge is -2.30. The Kier molecular flexibility index (Phi) is 7.39. The van der Waals surface area contributed by atoms with Gasteiger partial charge in [-0.3, -0.25) is 14.5 Å². The summed E-state index contributed by atoms with van der Waals surface area (Å²) in [4.78, 5) is 31.0. The van der Waals surface area contributed by atoms with E-state index in [0.717, 1.165) is 130 Å². The van der Waals surface area contributed by atoms with Crippen molar-refractivity contribution >= 4 is 78.9 Å². The molecule has 1 saturated carbocycles. The Hall–Kier alpha value is -4.22. The number of benzene rings is 5. The number of hydrogen-bond acceptors (Lipinski definition) is 4. The molecule has 1 fully saturated rings. The average molecular weight is 918 g/mol. The first kappa shape index (κ1) is 32.2. The van der Waals surface area contributed by atoms with Gasteiger partial charge in [0.05, 0.1) is 18.3 Å². The monoisotopic (exact) mass is 917 g/mol. The highest BCUT2D eigenvalue weighted by molar-refractivity contribution is 14.1. The van der Waals surface area contributed by atoms with E-state index in [9.17, 15) is 9.59 Å². The van der Waals surface area contributed by atoms with Crippen LogP contribution < -0.4 is 0 Å². The second-order valence-electron chi connectivity index (χ2n) is 15.0. The van der Waals surface area contributed by atoms with Gasteiger partial charge in [-0.15, -0.1) is 0 Å². The number of imide groups is 1. The van der Waals surface area contributed by atoms with Gasteiger partial charge in [-0.2, -0.15) is 0 Å². The topological polar surface area (TPSA) is 63.7 Å². The van der Waals surface area contributed by atoms with Crippen LogP contribution in [0.5, 0.6) is 0 Å². The summed E-state index contributed by atoms with van der Waals surface area (Å²) in [5, 5.41) is 2.22. The summed E-state index contributed by atoms with van der Waals surface area (Å²) < 4.78 is 15.5. The van der Waals surface area contributed by atoms with Gasteiger partial charge in [0.2, 0.25) is 0 Å². The van der Waals surface area contributed by atoms with Crippen molar-refractivity contribution < 1.29 is 18.4 Å². The van der Waals surface area contributed by atoms with Crippen LogP contribution in [0.2, 0.25) is 0 Å². The van der Waals surface area contributed by atoms with E-state index in [0.29, 0.717) is 24.0 Å². The number of amides is 2. The van der Waals surface area contributed by atoms with Crippen molar-refractivity contribution in [2.75, 3.05) is 0 Å². The van der Waals surface area contributed by atoms with Crippen LogP contribution in [0.25, 0.3) is 66.8 Å². The predicted molar refractivity (Wildman–Crippen MR) is 225 cm³/mol. The number of nitrogens with zero attached hydrogens (tertiary/aromatic N) is 1. The summed E-state index contributed by atoms with van der Waals surface area (Å²) in [6.07, 6.45) is 8.04. The number of carbonyl (C=O) groups excluding carboxylic acids is 2. The zero-order valence-corrected chi connectivity index (χ0v) is 33.2. The quantitative estimate of drug-likeness (QED) is 0.131. The first-order valence-corrected chi connectivity index (χ1v) is 20.8. The molecule has 0 saturated heterocycles. The van der Waals surface area contributed by atoms with E-state index in [4.69, 9.17) is 8.83 Å². The van der Waals surface area contributed by atoms with E-state index in [1.54, 1.807) is 4.90 Å². The Morgan fingerprint density at radius 1 is 0.547 bits per heavy atom. The van der Waals surface area contributed by atoms with E-state index in [1.165, 1.54) is 11.1 Å². The fourth-order valence-electron chi connectivity index (χ4n) is 9.69. The molecular formula is C46H33I2NO4. The maximum Gasteiger partial charge on any atom is 0.262 e. The van der Waals surface area contributed by atoms with Crippen molar-refractivity contribution in [1.29, 1.82) is 0 Å². The van der Waals surface area contributed by atoms with Gasteiger partial charge in [0, 0.05) is 27.9 Å². The van der Waals surface area contributed by atoms with E-state index < -0.39 is 0 Å². The molecule has 5 nitrogen and oxygen atoms in total. The van der Waals surface area contributed by atoms with Gasteiger partial charge >= 0.3 is 0 Å². The normalized spacial score (nSPS) is 16.5. The van der Waals surface area contributed by atoms with Gasteiger partial charge < -0.3 is 8.83 Å². The van der Waals surface area contributed by atoms with Gasteiger partial charge in [0.15, 0.2) is 0 Å². The molecule has 1 aliphatic heterocycles. The number of aryl methyl sites for hydroxylation is 2. The highest BCUT2D eigenvalue weighted by Crippen LogP contribution is 2.53. The summed E-state index contributed by atoms with van der Waals surface area (Å²) in [7, 11) is 0. The second kappa shape index (κ2) is 12.1. The molecule has 11 rings (SSSR count). The maximum atomic E-state index is 14.7. The van der Waals surface area contributed by atoms with Gasteiger partial charge in [-0.05, 0) is 152 Å². The molecule has 4 aliphatic rings. The molecule has 260 valence electrons. The van der Waals surface area contributed by atoms with Crippen molar-refractivity contribution in [2.24, 2.45) is 0 Å². The minimum Gasteiger partial charge on any atom is -0.455 e. The zero-order valence-electron chi connectivity index (χ0n) is 28.9. The first-order valence-electron chi connectivity index (χ1n) is 18.7. The van der Waals surface area contributed by atoms with Crippen LogP contribution in [0.3, 0.4) is 0 Å². The van der Waals surface area contributed by atoms with Crippen LogP contribution in [0.4, 0.5) is 0 Å². The molecule has 0 atom stereocenters. The number of hydrogen-bond donors (Lipinski definition) is 0. The fraction of sp³-hybridized carbons (Fsp3) is 0.217. The number of halogens is 2. The average Bonchev–Trinajstić information content (AvgIpc) is 3.80. The summed E-state index contributed by atoms with van der Waals surface area (Å²) in [6, 6.07) is 29.6. The van der Waals surface area contributed by atoms with Crippen LogP contribution in [-0.2, 0) is 25.7 Å². The number of furan rings is 2. The predicted octanol–water partition coefficient (Wildman–Crippen LogP) is 12.2. The first-order chi connectivity index (χ1) is 26.0. The molecule has 0 unspecified atom stereocenters. The van der Waals surface area contributed by atoms with Crippen molar-refractivity contribution in [2.45, 2.75) is 63.8 Å². The third-order valence-corrected chi connectivity index (χ3v) is 14.3. The second-order valence-corrected chi connectivity index (χ2v) is 17.1. The number of carbonyl (C=O) groups is 2. The SMILES string of the molecule is O=C1c2c3c(c4c(c2C(=O)N1C1CCCCC1)CCc1cc2c(I)c(-c5ccccc5)oc2cc1-4)-c1cc2oc(-c4ccccc4)c(I)c2cc1CC3. The molecule has 0 N–H and O–H groups in total. The Morgan fingerprint density at radius 2 is 1.00 bits per heavy atom. The number of fused-ring (bicyclic) bond motifs is 12. The fourth-order valence-corrected chi connectivity index (χ4v) is 11.4. The molecule has 3 aliphatic carbocycles. The smallest absolute Gasteiger partial charge is 0.262 e. The van der Waals surface area contributed by atoms with Crippen LogP contribution in [0, 0.1) is 7.14 Å². The lowest BCUT2D eigenvalue weighted by molar-refractivity contribution is 0.0548. The van der Waals surface area contributed by atoms with Crippen LogP contribution in [0.1, 0.15) is 75.1 Å². The molecule has 2 aromatic heterocycles. The zero-order chi connectivity index (χ0) is 35.5. The summed E-state index contributed by atoms with van der Waals surface area (Å²) in [5.74, 6) is 1.57. The molecule has 7 aromatic rings. The van der Waals surface area contributed by atoms with Gasteiger partial charge in [-0.25, -0.2) is 0 Å². The van der Waals surface area contributed by atoms with E-state index in [2.05, 4.69) is 93.7 Å².